The molecule has 27 heavy (non-hydrogen) atoms. The van der Waals surface area contributed by atoms with Crippen molar-refractivity contribution in [1.82, 2.24) is 10.6 Å². The van der Waals surface area contributed by atoms with E-state index in [1.54, 1.807) is 6.92 Å². The first kappa shape index (κ1) is 24.6. The molecular formula is C21H35N3O3. The maximum Gasteiger partial charge on any atom is 0.246 e. The first-order chi connectivity index (χ1) is 12.9. The maximum absolute atomic E-state index is 12.1. The predicted octanol–water partition coefficient (Wildman–Crippen LogP) is 3.41. The van der Waals surface area contributed by atoms with Gasteiger partial charge in [-0.2, -0.15) is 0 Å². The Morgan fingerprint density at radius 3 is 2.04 bits per heavy atom. The lowest BCUT2D eigenvalue weighted by atomic mass is 10.1. The highest BCUT2D eigenvalue weighted by molar-refractivity contribution is 5.97. The fourth-order valence-corrected chi connectivity index (χ4v) is 2.15. The van der Waals surface area contributed by atoms with E-state index in [0.717, 1.165) is 19.3 Å². The summed E-state index contributed by atoms with van der Waals surface area (Å²) < 4.78 is 0. The summed E-state index contributed by atoms with van der Waals surface area (Å²) in [6, 6.07) is 6.97. The second-order valence-electron chi connectivity index (χ2n) is 6.46. The zero-order valence-electron chi connectivity index (χ0n) is 17.4. The molecule has 1 unspecified atom stereocenters. The summed E-state index contributed by atoms with van der Waals surface area (Å²) in [6.45, 7) is 9.74. The first-order valence-corrected chi connectivity index (χ1v) is 9.83. The maximum atomic E-state index is 12.1. The normalized spacial score (nSPS) is 10.9. The Balaban J connectivity index is 0.00000210. The molecule has 1 aromatic rings. The molecule has 1 atom stereocenters. The molecule has 0 saturated heterocycles. The van der Waals surface area contributed by atoms with E-state index in [4.69, 9.17) is 0 Å². The summed E-state index contributed by atoms with van der Waals surface area (Å²) in [5.74, 6) is -0.858. The number of amides is 3. The molecule has 0 aliphatic carbocycles. The summed E-state index contributed by atoms with van der Waals surface area (Å²) in [6.07, 6.45) is 4.44. The van der Waals surface area contributed by atoms with Crippen LogP contribution in [0.1, 0.15) is 65.9 Å². The third-order valence-electron chi connectivity index (χ3n) is 3.45. The third kappa shape index (κ3) is 11.8. The van der Waals surface area contributed by atoms with Crippen molar-refractivity contribution in [2.75, 3.05) is 11.9 Å². The zero-order chi connectivity index (χ0) is 20.7. The Morgan fingerprint density at radius 2 is 1.52 bits per heavy atom. The highest BCUT2D eigenvalue weighted by atomic mass is 16.2. The topological polar surface area (TPSA) is 87.3 Å². The molecular weight excluding hydrogens is 342 g/mol. The summed E-state index contributed by atoms with van der Waals surface area (Å²) in [5, 5.41) is 7.84. The van der Waals surface area contributed by atoms with Crippen LogP contribution < -0.4 is 16.0 Å². The van der Waals surface area contributed by atoms with Crippen molar-refractivity contribution in [2.45, 2.75) is 72.8 Å². The Hall–Kier alpha value is -2.37. The number of hydrogen-bond donors (Lipinski definition) is 3. The molecule has 0 radical (unpaired) electrons. The number of anilines is 1. The SMILES string of the molecule is CCC.CCCC(=O)NCC(=O)NC(C)C(=O)Nc1ccc(CCC)cc1. The molecule has 1 aromatic carbocycles. The van der Waals surface area contributed by atoms with E-state index in [1.807, 2.05) is 31.2 Å². The quantitative estimate of drug-likeness (QED) is 0.616. The van der Waals surface area contributed by atoms with Gasteiger partial charge in [0.05, 0.1) is 6.54 Å². The molecule has 3 N–H and O–H groups in total. The minimum atomic E-state index is -0.684. The van der Waals surface area contributed by atoms with Gasteiger partial charge in [-0.15, -0.1) is 0 Å². The Morgan fingerprint density at radius 1 is 0.926 bits per heavy atom. The number of rotatable bonds is 9. The standard InChI is InChI=1S/C18H27N3O3.C3H8/c1-4-6-14-8-10-15(11-9-14)21-18(24)13(3)20-17(23)12-19-16(22)7-5-2;1-3-2/h8-11,13H,4-7,12H2,1-3H3,(H,19,22)(H,20,23)(H,21,24);3H2,1-2H3. The molecule has 0 spiro atoms. The van der Waals surface area contributed by atoms with Crippen molar-refractivity contribution in [3.8, 4) is 0 Å². The molecule has 0 heterocycles. The molecule has 0 saturated carbocycles. The van der Waals surface area contributed by atoms with Crippen LogP contribution >= 0.6 is 0 Å². The van der Waals surface area contributed by atoms with E-state index in [2.05, 4.69) is 36.7 Å². The minimum absolute atomic E-state index is 0.123. The molecule has 6 heteroatoms. The minimum Gasteiger partial charge on any atom is -0.347 e. The van der Waals surface area contributed by atoms with E-state index in [9.17, 15) is 14.4 Å². The summed E-state index contributed by atoms with van der Waals surface area (Å²) >= 11 is 0. The summed E-state index contributed by atoms with van der Waals surface area (Å²) in [5.41, 5.74) is 1.91. The molecule has 0 aromatic heterocycles. The number of benzene rings is 1. The van der Waals surface area contributed by atoms with Crippen LogP contribution in [-0.4, -0.2) is 30.3 Å². The summed E-state index contributed by atoms with van der Waals surface area (Å²) in [4.78, 5) is 35.1. The van der Waals surface area contributed by atoms with Crippen LogP contribution in [0.5, 0.6) is 0 Å². The molecule has 0 bridgehead atoms. The van der Waals surface area contributed by atoms with E-state index in [-0.39, 0.29) is 24.3 Å². The zero-order valence-corrected chi connectivity index (χ0v) is 17.4. The predicted molar refractivity (Wildman–Crippen MR) is 111 cm³/mol. The second-order valence-corrected chi connectivity index (χ2v) is 6.46. The van der Waals surface area contributed by atoms with Crippen molar-refractivity contribution < 1.29 is 14.4 Å². The number of hydrogen-bond acceptors (Lipinski definition) is 3. The molecule has 0 aliphatic rings. The Kier molecular flexibility index (Phi) is 13.5. The first-order valence-electron chi connectivity index (χ1n) is 9.83. The van der Waals surface area contributed by atoms with Crippen LogP contribution in [0.3, 0.4) is 0 Å². The van der Waals surface area contributed by atoms with Crippen LogP contribution in [0.25, 0.3) is 0 Å². The fraction of sp³-hybridized carbons (Fsp3) is 0.571. The van der Waals surface area contributed by atoms with Crippen molar-refractivity contribution >= 4 is 23.4 Å². The largest absolute Gasteiger partial charge is 0.347 e. The molecule has 152 valence electrons. The number of aryl methyl sites for hydroxylation is 1. The molecule has 0 aliphatic heterocycles. The van der Waals surface area contributed by atoms with E-state index < -0.39 is 6.04 Å². The van der Waals surface area contributed by atoms with Gasteiger partial charge >= 0.3 is 0 Å². The highest BCUT2D eigenvalue weighted by Crippen LogP contribution is 2.11. The molecule has 3 amide bonds. The van der Waals surface area contributed by atoms with Crippen LogP contribution in [0.15, 0.2) is 24.3 Å². The van der Waals surface area contributed by atoms with E-state index in [1.165, 1.54) is 12.0 Å². The van der Waals surface area contributed by atoms with Gasteiger partial charge in [0, 0.05) is 12.1 Å². The second kappa shape index (κ2) is 14.8. The van der Waals surface area contributed by atoms with Gasteiger partial charge in [-0.05, 0) is 37.5 Å². The van der Waals surface area contributed by atoms with Gasteiger partial charge in [0.15, 0.2) is 0 Å². The van der Waals surface area contributed by atoms with Gasteiger partial charge in [0.25, 0.3) is 0 Å². The molecule has 6 nitrogen and oxygen atoms in total. The third-order valence-corrected chi connectivity index (χ3v) is 3.45. The van der Waals surface area contributed by atoms with Gasteiger partial charge in [-0.25, -0.2) is 0 Å². The van der Waals surface area contributed by atoms with Crippen LogP contribution in [-0.2, 0) is 20.8 Å². The smallest absolute Gasteiger partial charge is 0.246 e. The van der Waals surface area contributed by atoms with Crippen molar-refractivity contribution in [2.24, 2.45) is 0 Å². The van der Waals surface area contributed by atoms with Crippen LogP contribution in [0, 0.1) is 0 Å². The lowest BCUT2D eigenvalue weighted by molar-refractivity contribution is -0.128. The summed E-state index contributed by atoms with van der Waals surface area (Å²) in [7, 11) is 0. The van der Waals surface area contributed by atoms with Crippen LogP contribution in [0.4, 0.5) is 5.69 Å². The molecule has 0 fully saturated rings. The van der Waals surface area contributed by atoms with E-state index >= 15 is 0 Å². The van der Waals surface area contributed by atoms with Crippen molar-refractivity contribution in [3.05, 3.63) is 29.8 Å². The van der Waals surface area contributed by atoms with E-state index in [0.29, 0.717) is 12.1 Å². The Bertz CT molecular complexity index is 571. The van der Waals surface area contributed by atoms with Gasteiger partial charge in [-0.1, -0.05) is 52.7 Å². The van der Waals surface area contributed by atoms with Gasteiger partial charge in [0.1, 0.15) is 6.04 Å². The fourth-order valence-electron chi connectivity index (χ4n) is 2.15. The average molecular weight is 378 g/mol. The number of nitrogens with one attached hydrogen (secondary N) is 3. The highest BCUT2D eigenvalue weighted by Gasteiger charge is 2.16. The Labute approximate surface area is 163 Å². The van der Waals surface area contributed by atoms with Crippen molar-refractivity contribution in [3.63, 3.8) is 0 Å². The number of carbonyl (C=O) groups is 3. The van der Waals surface area contributed by atoms with Crippen molar-refractivity contribution in [1.29, 1.82) is 0 Å². The molecule has 1 rings (SSSR count). The lowest BCUT2D eigenvalue weighted by Crippen LogP contribution is -2.45. The van der Waals surface area contributed by atoms with Gasteiger partial charge < -0.3 is 16.0 Å². The van der Waals surface area contributed by atoms with Gasteiger partial charge in [0.2, 0.25) is 17.7 Å². The number of carbonyl (C=O) groups excluding carboxylic acids is 3. The van der Waals surface area contributed by atoms with Crippen LogP contribution in [0.2, 0.25) is 0 Å². The average Bonchev–Trinajstić information content (AvgIpc) is 2.63. The van der Waals surface area contributed by atoms with Gasteiger partial charge in [-0.3, -0.25) is 14.4 Å². The monoisotopic (exact) mass is 377 g/mol. The lowest BCUT2D eigenvalue weighted by Gasteiger charge is -2.14.